The average molecular weight is 445 g/mol. The minimum Gasteiger partial charge on any atom is -0.494 e. The van der Waals surface area contributed by atoms with Gasteiger partial charge in [-0.05, 0) is 43.3 Å². The van der Waals surface area contributed by atoms with Gasteiger partial charge in [0.2, 0.25) is 11.8 Å². The number of anilines is 1. The lowest BCUT2D eigenvalue weighted by molar-refractivity contribution is -0.122. The van der Waals surface area contributed by atoms with Crippen molar-refractivity contribution in [2.24, 2.45) is 0 Å². The van der Waals surface area contributed by atoms with Crippen molar-refractivity contribution in [3.05, 3.63) is 54.1 Å². The molecule has 2 N–H and O–H groups in total. The van der Waals surface area contributed by atoms with E-state index in [9.17, 15) is 9.59 Å². The second-order valence-corrected chi connectivity index (χ2v) is 7.02. The van der Waals surface area contributed by atoms with E-state index in [4.69, 9.17) is 18.9 Å². The molecule has 2 amide bonds. The highest BCUT2D eigenvalue weighted by Crippen LogP contribution is 2.15. The van der Waals surface area contributed by atoms with Crippen LogP contribution in [0.4, 0.5) is 5.69 Å². The molecule has 2 aromatic carbocycles. The Kier molecular flexibility index (Phi) is 11.7. The molecule has 0 bridgehead atoms. The van der Waals surface area contributed by atoms with Crippen LogP contribution in [0, 0.1) is 6.92 Å². The molecule has 0 radical (unpaired) electrons. The molecule has 0 aromatic heterocycles. The summed E-state index contributed by atoms with van der Waals surface area (Å²) in [4.78, 5) is 23.0. The van der Waals surface area contributed by atoms with Gasteiger partial charge in [0, 0.05) is 25.6 Å². The highest BCUT2D eigenvalue weighted by Gasteiger charge is 2.04. The second-order valence-electron chi connectivity index (χ2n) is 7.02. The number of nitrogens with one attached hydrogen (secondary N) is 2. The van der Waals surface area contributed by atoms with Crippen molar-refractivity contribution >= 4 is 17.5 Å². The number of hydrogen-bond acceptors (Lipinski definition) is 6. The molecule has 32 heavy (non-hydrogen) atoms. The van der Waals surface area contributed by atoms with Crippen molar-refractivity contribution in [1.29, 1.82) is 0 Å². The second kappa shape index (κ2) is 14.8. The van der Waals surface area contributed by atoms with E-state index in [0.29, 0.717) is 57.3 Å². The molecular weight excluding hydrogens is 412 g/mol. The van der Waals surface area contributed by atoms with Crippen molar-refractivity contribution in [2.45, 2.75) is 19.8 Å². The zero-order valence-electron chi connectivity index (χ0n) is 18.7. The van der Waals surface area contributed by atoms with Crippen molar-refractivity contribution in [3.63, 3.8) is 0 Å². The molecule has 0 atom stereocenters. The van der Waals surface area contributed by atoms with Gasteiger partial charge in [-0.15, -0.1) is 0 Å². The maximum atomic E-state index is 12.0. The molecule has 8 heteroatoms. The molecular formula is C24H32N2O6. The van der Waals surface area contributed by atoms with Crippen LogP contribution in [0.1, 0.15) is 18.4 Å². The van der Waals surface area contributed by atoms with Gasteiger partial charge in [0.05, 0.1) is 26.4 Å². The number of hydrogen-bond donors (Lipinski definition) is 2. The van der Waals surface area contributed by atoms with Gasteiger partial charge in [-0.1, -0.05) is 17.7 Å². The summed E-state index contributed by atoms with van der Waals surface area (Å²) in [7, 11) is 1.59. The molecule has 0 aliphatic rings. The van der Waals surface area contributed by atoms with Gasteiger partial charge in [-0.25, -0.2) is 0 Å². The fourth-order valence-corrected chi connectivity index (χ4v) is 2.59. The molecule has 0 saturated heterocycles. The third-order valence-corrected chi connectivity index (χ3v) is 4.34. The van der Waals surface area contributed by atoms with Gasteiger partial charge in [0.1, 0.15) is 24.7 Å². The number of benzene rings is 2. The van der Waals surface area contributed by atoms with E-state index in [2.05, 4.69) is 10.6 Å². The topological polar surface area (TPSA) is 95.1 Å². The Morgan fingerprint density at radius 2 is 1.41 bits per heavy atom. The third kappa shape index (κ3) is 10.8. The van der Waals surface area contributed by atoms with E-state index < -0.39 is 0 Å². The molecule has 0 aliphatic carbocycles. The Morgan fingerprint density at radius 1 is 0.750 bits per heavy atom. The molecule has 0 fully saturated rings. The summed E-state index contributed by atoms with van der Waals surface area (Å²) in [6.07, 6.45) is 1.03. The number of rotatable bonds is 15. The Balaban J connectivity index is 1.51. The SMILES string of the molecule is CNC(=O)CCOCCOc1ccc(NC(=O)COCCCOc2ccc(C)cc2)cc1. The first-order chi connectivity index (χ1) is 15.6. The average Bonchev–Trinajstić information content (AvgIpc) is 2.80. The van der Waals surface area contributed by atoms with Crippen LogP contribution >= 0.6 is 0 Å². The largest absolute Gasteiger partial charge is 0.494 e. The molecule has 2 rings (SSSR count). The van der Waals surface area contributed by atoms with Crippen molar-refractivity contribution in [3.8, 4) is 11.5 Å². The first-order valence-corrected chi connectivity index (χ1v) is 10.6. The number of ether oxygens (including phenoxy) is 4. The predicted molar refractivity (Wildman–Crippen MR) is 122 cm³/mol. The maximum Gasteiger partial charge on any atom is 0.250 e. The third-order valence-electron chi connectivity index (χ3n) is 4.34. The van der Waals surface area contributed by atoms with Crippen LogP contribution in [0.25, 0.3) is 0 Å². The molecule has 174 valence electrons. The fourth-order valence-electron chi connectivity index (χ4n) is 2.59. The number of carbonyl (C=O) groups is 2. The zero-order valence-corrected chi connectivity index (χ0v) is 18.7. The molecule has 8 nitrogen and oxygen atoms in total. The smallest absolute Gasteiger partial charge is 0.250 e. The first-order valence-electron chi connectivity index (χ1n) is 10.6. The molecule has 0 saturated carbocycles. The normalized spacial score (nSPS) is 10.4. The predicted octanol–water partition coefficient (Wildman–Crippen LogP) is 2.95. The van der Waals surface area contributed by atoms with E-state index in [-0.39, 0.29) is 18.4 Å². The highest BCUT2D eigenvalue weighted by atomic mass is 16.5. The van der Waals surface area contributed by atoms with E-state index in [0.717, 1.165) is 5.75 Å². The standard InChI is InChI=1S/C24H32N2O6/c1-19-4-8-21(9-5-19)31-14-3-13-30-18-24(28)26-20-6-10-22(11-7-20)32-17-16-29-15-12-23(27)25-2/h4-11H,3,12-18H2,1-2H3,(H,25,27)(H,26,28). The van der Waals surface area contributed by atoms with Crippen molar-refractivity contribution < 1.29 is 28.5 Å². The molecule has 0 spiro atoms. The Bertz CT molecular complexity index is 808. The quantitative estimate of drug-likeness (QED) is 0.410. The fraction of sp³-hybridized carbons (Fsp3) is 0.417. The van der Waals surface area contributed by atoms with Gasteiger partial charge in [0.15, 0.2) is 0 Å². The summed E-state index contributed by atoms with van der Waals surface area (Å²) in [5.41, 5.74) is 1.85. The summed E-state index contributed by atoms with van der Waals surface area (Å²) >= 11 is 0. The van der Waals surface area contributed by atoms with Crippen LogP contribution in [0.2, 0.25) is 0 Å². The zero-order chi connectivity index (χ0) is 23.0. The lowest BCUT2D eigenvalue weighted by Gasteiger charge is -2.09. The summed E-state index contributed by atoms with van der Waals surface area (Å²) in [5, 5.41) is 5.31. The van der Waals surface area contributed by atoms with Gasteiger partial charge >= 0.3 is 0 Å². The minimum atomic E-state index is -0.220. The van der Waals surface area contributed by atoms with E-state index in [1.165, 1.54) is 5.56 Å². The molecule has 2 aromatic rings. The Hall–Kier alpha value is -3.10. The van der Waals surface area contributed by atoms with Crippen LogP contribution in [0.3, 0.4) is 0 Å². The van der Waals surface area contributed by atoms with Crippen LogP contribution in [-0.4, -0.2) is 58.5 Å². The van der Waals surface area contributed by atoms with Gasteiger partial charge in [-0.2, -0.15) is 0 Å². The summed E-state index contributed by atoms with van der Waals surface area (Å²) in [6, 6.07) is 14.9. The summed E-state index contributed by atoms with van der Waals surface area (Å²) in [6.45, 7) is 4.11. The number of carbonyl (C=O) groups excluding carboxylic acids is 2. The van der Waals surface area contributed by atoms with Crippen LogP contribution < -0.4 is 20.1 Å². The van der Waals surface area contributed by atoms with Crippen LogP contribution in [0.5, 0.6) is 11.5 Å². The van der Waals surface area contributed by atoms with Gasteiger partial charge in [-0.3, -0.25) is 9.59 Å². The monoisotopic (exact) mass is 444 g/mol. The Morgan fingerprint density at radius 3 is 2.09 bits per heavy atom. The first kappa shape index (κ1) is 25.2. The summed E-state index contributed by atoms with van der Waals surface area (Å²) < 4.78 is 21.9. The highest BCUT2D eigenvalue weighted by molar-refractivity contribution is 5.91. The lowest BCUT2D eigenvalue weighted by Crippen LogP contribution is -2.20. The number of aryl methyl sites for hydroxylation is 1. The number of amides is 2. The van der Waals surface area contributed by atoms with Crippen molar-refractivity contribution in [2.75, 3.05) is 52.0 Å². The van der Waals surface area contributed by atoms with E-state index >= 15 is 0 Å². The lowest BCUT2D eigenvalue weighted by atomic mass is 10.2. The van der Waals surface area contributed by atoms with Crippen LogP contribution in [-0.2, 0) is 19.1 Å². The Labute approximate surface area is 189 Å². The molecule has 0 aliphatic heterocycles. The van der Waals surface area contributed by atoms with Gasteiger partial charge in [0.25, 0.3) is 0 Å². The van der Waals surface area contributed by atoms with E-state index in [1.807, 2.05) is 31.2 Å². The summed E-state index contributed by atoms with van der Waals surface area (Å²) in [5.74, 6) is 1.22. The minimum absolute atomic E-state index is 0.0177. The van der Waals surface area contributed by atoms with Crippen molar-refractivity contribution in [1.82, 2.24) is 5.32 Å². The molecule has 0 heterocycles. The van der Waals surface area contributed by atoms with Gasteiger partial charge < -0.3 is 29.6 Å². The van der Waals surface area contributed by atoms with E-state index in [1.54, 1.807) is 31.3 Å². The maximum absolute atomic E-state index is 12.0. The van der Waals surface area contributed by atoms with Crippen LogP contribution in [0.15, 0.2) is 48.5 Å². The molecule has 0 unspecified atom stereocenters.